The van der Waals surface area contributed by atoms with Crippen molar-refractivity contribution in [3.63, 3.8) is 0 Å². The van der Waals surface area contributed by atoms with Gasteiger partial charge in [0.25, 0.3) is 0 Å². The number of nitrogens with zero attached hydrogens (tertiary/aromatic N) is 2. The third-order valence-electron chi connectivity index (χ3n) is 4.23. The number of benzene rings is 1. The van der Waals surface area contributed by atoms with Crippen molar-refractivity contribution < 1.29 is 4.79 Å². The number of amides is 1. The van der Waals surface area contributed by atoms with Gasteiger partial charge in [0.1, 0.15) is 5.01 Å². The van der Waals surface area contributed by atoms with Gasteiger partial charge in [-0.25, -0.2) is 4.98 Å². The Labute approximate surface area is 180 Å². The number of halogens is 4. The average Bonchev–Trinajstić information content (AvgIpc) is 3.03. The molecule has 0 radical (unpaired) electrons. The maximum Gasteiger partial charge on any atom is 0.228 e. The fourth-order valence-corrected chi connectivity index (χ4v) is 4.29. The van der Waals surface area contributed by atoms with Crippen molar-refractivity contribution in [1.29, 1.82) is 0 Å². The van der Waals surface area contributed by atoms with Gasteiger partial charge >= 0.3 is 0 Å². The minimum absolute atomic E-state index is 0. The Morgan fingerprint density at radius 1 is 1.38 bits per heavy atom. The highest BCUT2D eigenvalue weighted by Crippen LogP contribution is 2.32. The van der Waals surface area contributed by atoms with Gasteiger partial charge in [-0.1, -0.05) is 23.2 Å². The molecule has 1 aliphatic rings. The summed E-state index contributed by atoms with van der Waals surface area (Å²) in [4.78, 5) is 19.0. The van der Waals surface area contributed by atoms with Crippen LogP contribution in [0.5, 0.6) is 0 Å². The Morgan fingerprint density at radius 2 is 2.15 bits per heavy atom. The number of hydrogen-bond acceptors (Lipinski definition) is 4. The van der Waals surface area contributed by atoms with E-state index >= 15 is 0 Å². The largest absolute Gasteiger partial charge is 0.341 e. The smallest absolute Gasteiger partial charge is 0.228 e. The average molecular weight is 457 g/mol. The normalized spacial score (nSPS) is 16.6. The predicted molar refractivity (Wildman–Crippen MR) is 114 cm³/mol. The maximum absolute atomic E-state index is 12.5. The van der Waals surface area contributed by atoms with Crippen molar-refractivity contribution >= 4 is 65.3 Å². The summed E-state index contributed by atoms with van der Waals surface area (Å²) < 4.78 is 0. The van der Waals surface area contributed by atoms with E-state index in [1.54, 1.807) is 12.1 Å². The molecule has 1 aromatic heterocycles. The van der Waals surface area contributed by atoms with E-state index in [4.69, 9.17) is 23.2 Å². The lowest BCUT2D eigenvalue weighted by molar-refractivity contribution is -0.131. The molecule has 1 saturated heterocycles. The summed E-state index contributed by atoms with van der Waals surface area (Å²) >= 11 is 13.7. The molecule has 1 amide bonds. The lowest BCUT2D eigenvalue weighted by atomic mass is 10.1. The van der Waals surface area contributed by atoms with Crippen molar-refractivity contribution in [2.75, 3.05) is 20.1 Å². The summed E-state index contributed by atoms with van der Waals surface area (Å²) in [6.45, 7) is 1.60. The Kier molecular flexibility index (Phi) is 9.65. The Hall–Kier alpha value is -0.560. The molecule has 1 unspecified atom stereocenters. The number of rotatable bonds is 4. The second-order valence-corrected chi connectivity index (χ2v) is 7.61. The number of thiazole rings is 1. The van der Waals surface area contributed by atoms with Crippen molar-refractivity contribution in [2.45, 2.75) is 25.3 Å². The van der Waals surface area contributed by atoms with E-state index in [0.29, 0.717) is 22.5 Å². The zero-order valence-electron chi connectivity index (χ0n) is 14.2. The zero-order valence-corrected chi connectivity index (χ0v) is 18.2. The van der Waals surface area contributed by atoms with Crippen LogP contribution in [0.2, 0.25) is 10.0 Å². The van der Waals surface area contributed by atoms with Crippen LogP contribution in [-0.4, -0.2) is 42.0 Å². The standard InChI is InChI=1S/C17H19Cl2N3OS.2ClH/c1-20-12-3-2-6-22(9-12)16(23)8-13-10-24-17(21-13)14-5-4-11(18)7-15(14)19;;/h4-5,7,10,12,20H,2-3,6,8-9H2,1H3;2*1H. The molecule has 1 N–H and O–H groups in total. The molecule has 26 heavy (non-hydrogen) atoms. The van der Waals surface area contributed by atoms with E-state index in [1.807, 2.05) is 23.4 Å². The van der Waals surface area contributed by atoms with Gasteiger partial charge in [-0.05, 0) is 38.1 Å². The van der Waals surface area contributed by atoms with Crippen LogP contribution in [0.1, 0.15) is 18.5 Å². The molecule has 0 bridgehead atoms. The van der Waals surface area contributed by atoms with Gasteiger partial charge in [0, 0.05) is 35.1 Å². The summed E-state index contributed by atoms with van der Waals surface area (Å²) in [6, 6.07) is 5.75. The molecule has 9 heteroatoms. The molecule has 0 saturated carbocycles. The molecule has 1 aliphatic heterocycles. The number of carbonyl (C=O) groups is 1. The molecule has 3 rings (SSSR count). The molecular weight excluding hydrogens is 436 g/mol. The van der Waals surface area contributed by atoms with Gasteiger partial charge < -0.3 is 10.2 Å². The van der Waals surface area contributed by atoms with Crippen LogP contribution in [0, 0.1) is 0 Å². The minimum Gasteiger partial charge on any atom is -0.341 e. The van der Waals surface area contributed by atoms with Gasteiger partial charge in [-0.15, -0.1) is 36.2 Å². The van der Waals surface area contributed by atoms with E-state index in [-0.39, 0.29) is 30.7 Å². The first-order valence-corrected chi connectivity index (χ1v) is 9.55. The van der Waals surface area contributed by atoms with E-state index < -0.39 is 0 Å². The van der Waals surface area contributed by atoms with Crippen LogP contribution < -0.4 is 5.32 Å². The molecule has 2 heterocycles. The predicted octanol–water partition coefficient (Wildman–Crippen LogP) is 4.71. The zero-order chi connectivity index (χ0) is 17.1. The second kappa shape index (κ2) is 10.7. The van der Waals surface area contributed by atoms with Crippen molar-refractivity contribution in [3.8, 4) is 10.6 Å². The molecule has 1 atom stereocenters. The van der Waals surface area contributed by atoms with Crippen molar-refractivity contribution in [2.24, 2.45) is 0 Å². The number of hydrogen-bond donors (Lipinski definition) is 1. The summed E-state index contributed by atoms with van der Waals surface area (Å²) in [6.07, 6.45) is 2.49. The molecule has 0 aliphatic carbocycles. The Bertz CT molecular complexity index is 741. The number of nitrogens with one attached hydrogen (secondary N) is 1. The first-order chi connectivity index (χ1) is 11.6. The molecule has 1 aromatic carbocycles. The van der Waals surface area contributed by atoms with Gasteiger partial charge in [0.2, 0.25) is 5.91 Å². The molecule has 2 aromatic rings. The van der Waals surface area contributed by atoms with Gasteiger partial charge in [0.05, 0.1) is 17.1 Å². The second-order valence-electron chi connectivity index (χ2n) is 5.91. The first kappa shape index (κ1) is 23.5. The van der Waals surface area contributed by atoms with Crippen molar-refractivity contribution in [3.05, 3.63) is 39.3 Å². The SMILES string of the molecule is CNC1CCCN(C(=O)Cc2csc(-c3ccc(Cl)cc3Cl)n2)C1.Cl.Cl. The van der Waals surface area contributed by atoms with Crippen LogP contribution in [0.15, 0.2) is 23.6 Å². The summed E-state index contributed by atoms with van der Waals surface area (Å²) in [5.74, 6) is 0.133. The Morgan fingerprint density at radius 3 is 2.85 bits per heavy atom. The highest BCUT2D eigenvalue weighted by molar-refractivity contribution is 7.13. The van der Waals surface area contributed by atoms with E-state index in [9.17, 15) is 4.79 Å². The topological polar surface area (TPSA) is 45.2 Å². The van der Waals surface area contributed by atoms with Gasteiger partial charge in [0.15, 0.2) is 0 Å². The first-order valence-electron chi connectivity index (χ1n) is 7.91. The number of carbonyl (C=O) groups excluding carboxylic acids is 1. The highest BCUT2D eigenvalue weighted by Gasteiger charge is 2.23. The Balaban J connectivity index is 0.00000169. The lowest BCUT2D eigenvalue weighted by Crippen LogP contribution is -2.47. The van der Waals surface area contributed by atoms with Crippen LogP contribution in [-0.2, 0) is 11.2 Å². The summed E-state index contributed by atoms with van der Waals surface area (Å²) in [5.41, 5.74) is 1.63. The molecule has 0 spiro atoms. The summed E-state index contributed by atoms with van der Waals surface area (Å²) in [7, 11) is 1.95. The highest BCUT2D eigenvalue weighted by atomic mass is 35.5. The van der Waals surface area contributed by atoms with Crippen LogP contribution in [0.25, 0.3) is 10.6 Å². The van der Waals surface area contributed by atoms with Crippen LogP contribution in [0.3, 0.4) is 0 Å². The molecule has 4 nitrogen and oxygen atoms in total. The fraction of sp³-hybridized carbons (Fsp3) is 0.412. The number of likely N-dealkylation sites (N-methyl/N-ethyl adjacent to an activating group) is 1. The van der Waals surface area contributed by atoms with Crippen molar-refractivity contribution in [1.82, 2.24) is 15.2 Å². The maximum atomic E-state index is 12.5. The monoisotopic (exact) mass is 455 g/mol. The van der Waals surface area contributed by atoms with E-state index in [0.717, 1.165) is 42.2 Å². The molecule has 1 fully saturated rings. The molecular formula is C17H21Cl4N3OS. The lowest BCUT2D eigenvalue weighted by Gasteiger charge is -2.32. The third kappa shape index (κ3) is 5.72. The van der Waals surface area contributed by atoms with Gasteiger partial charge in [-0.3, -0.25) is 4.79 Å². The van der Waals surface area contributed by atoms with Gasteiger partial charge in [-0.2, -0.15) is 0 Å². The van der Waals surface area contributed by atoms with E-state index in [2.05, 4.69) is 10.3 Å². The van der Waals surface area contributed by atoms with Crippen LogP contribution >= 0.6 is 59.4 Å². The quantitative estimate of drug-likeness (QED) is 0.724. The summed E-state index contributed by atoms with van der Waals surface area (Å²) in [5, 5.41) is 7.16. The number of piperidine rings is 1. The third-order valence-corrected chi connectivity index (χ3v) is 5.70. The molecule has 144 valence electrons. The minimum atomic E-state index is 0. The van der Waals surface area contributed by atoms with E-state index in [1.165, 1.54) is 11.3 Å². The van der Waals surface area contributed by atoms with Crippen LogP contribution in [0.4, 0.5) is 0 Å². The number of aromatic nitrogens is 1. The fourth-order valence-electron chi connectivity index (χ4n) is 2.88. The number of likely N-dealkylation sites (tertiary alicyclic amines) is 1.